The Kier molecular flexibility index (Phi) is 5.40. The van der Waals surface area contributed by atoms with E-state index in [0.29, 0.717) is 23.1 Å². The lowest BCUT2D eigenvalue weighted by molar-refractivity contribution is -0.0503. The molecular formula is C28H30FN3O3. The number of hydroxylamine groups is 1. The molecule has 3 N–H and O–H groups in total. The van der Waals surface area contributed by atoms with E-state index in [4.69, 9.17) is 5.21 Å². The van der Waals surface area contributed by atoms with Crippen molar-refractivity contribution in [2.24, 2.45) is 23.2 Å². The van der Waals surface area contributed by atoms with E-state index < -0.39 is 11.7 Å². The molecule has 0 aliphatic heterocycles. The van der Waals surface area contributed by atoms with Gasteiger partial charge in [-0.15, -0.1) is 0 Å². The van der Waals surface area contributed by atoms with Gasteiger partial charge in [-0.3, -0.25) is 14.8 Å². The molecule has 4 aliphatic rings. The normalized spacial score (nSPS) is 26.7. The first kappa shape index (κ1) is 22.3. The van der Waals surface area contributed by atoms with Crippen molar-refractivity contribution >= 4 is 22.7 Å². The van der Waals surface area contributed by atoms with Crippen molar-refractivity contribution in [2.75, 3.05) is 6.54 Å². The van der Waals surface area contributed by atoms with E-state index in [0.717, 1.165) is 35.2 Å². The maximum Gasteiger partial charge on any atom is 0.277 e. The Morgan fingerprint density at radius 3 is 2.34 bits per heavy atom. The summed E-state index contributed by atoms with van der Waals surface area (Å²) in [5.74, 6) is 1.01. The third-order valence-corrected chi connectivity index (χ3v) is 8.55. The fourth-order valence-electron chi connectivity index (χ4n) is 7.45. The van der Waals surface area contributed by atoms with Crippen molar-refractivity contribution in [1.29, 1.82) is 0 Å². The van der Waals surface area contributed by atoms with Crippen LogP contribution in [-0.2, 0) is 6.54 Å². The van der Waals surface area contributed by atoms with Gasteiger partial charge >= 0.3 is 0 Å². The van der Waals surface area contributed by atoms with Crippen LogP contribution < -0.4 is 10.8 Å². The summed E-state index contributed by atoms with van der Waals surface area (Å²) in [6, 6.07) is 12.0. The van der Waals surface area contributed by atoms with E-state index in [1.165, 1.54) is 56.1 Å². The Balaban J connectivity index is 1.14. The minimum absolute atomic E-state index is 0.0183. The van der Waals surface area contributed by atoms with Crippen LogP contribution in [0, 0.1) is 29.0 Å². The molecule has 4 saturated carbocycles. The second-order valence-corrected chi connectivity index (χ2v) is 11.1. The Bertz CT molecular complexity index is 1280. The van der Waals surface area contributed by atoms with Crippen molar-refractivity contribution in [3.63, 3.8) is 0 Å². The van der Waals surface area contributed by atoms with E-state index in [1.54, 1.807) is 6.07 Å². The molecule has 0 spiro atoms. The molecule has 0 atom stereocenters. The van der Waals surface area contributed by atoms with Crippen LogP contribution in [0.2, 0.25) is 0 Å². The van der Waals surface area contributed by atoms with Gasteiger partial charge in [-0.25, -0.2) is 9.87 Å². The average Bonchev–Trinajstić information content (AvgIpc) is 3.23. The van der Waals surface area contributed by atoms with Crippen LogP contribution in [0.15, 0.2) is 48.7 Å². The fraction of sp³-hybridized carbons (Fsp3) is 0.429. The number of carbonyl (C=O) groups excluding carboxylic acids is 2. The van der Waals surface area contributed by atoms with Crippen LogP contribution in [-0.4, -0.2) is 28.1 Å². The van der Waals surface area contributed by atoms with Gasteiger partial charge in [0.15, 0.2) is 0 Å². The van der Waals surface area contributed by atoms with Crippen LogP contribution in [0.25, 0.3) is 10.9 Å². The zero-order valence-corrected chi connectivity index (χ0v) is 19.6. The van der Waals surface area contributed by atoms with Gasteiger partial charge in [0, 0.05) is 35.8 Å². The number of hydrogen-bond donors (Lipinski definition) is 3. The minimum Gasteiger partial charge on any atom is -0.351 e. The molecule has 4 fully saturated rings. The average molecular weight is 476 g/mol. The zero-order chi connectivity index (χ0) is 24.2. The quantitative estimate of drug-likeness (QED) is 0.351. The van der Waals surface area contributed by atoms with Crippen LogP contribution in [0.1, 0.15) is 64.8 Å². The van der Waals surface area contributed by atoms with Crippen molar-refractivity contribution in [2.45, 2.75) is 45.1 Å². The largest absolute Gasteiger partial charge is 0.351 e. The van der Waals surface area contributed by atoms with Gasteiger partial charge in [0.1, 0.15) is 5.82 Å². The predicted octanol–water partition coefficient (Wildman–Crippen LogP) is 4.89. The number of amides is 2. The number of rotatable bonds is 6. The van der Waals surface area contributed by atoms with E-state index in [-0.39, 0.29) is 11.5 Å². The van der Waals surface area contributed by atoms with Gasteiger partial charge in [-0.1, -0.05) is 6.07 Å². The van der Waals surface area contributed by atoms with Gasteiger partial charge in [0.25, 0.3) is 11.8 Å². The van der Waals surface area contributed by atoms with E-state index >= 15 is 0 Å². The van der Waals surface area contributed by atoms with Crippen LogP contribution in [0.4, 0.5) is 4.39 Å². The van der Waals surface area contributed by atoms with Gasteiger partial charge in [0.05, 0.1) is 5.56 Å². The van der Waals surface area contributed by atoms with Crippen molar-refractivity contribution in [3.05, 3.63) is 71.2 Å². The third-order valence-electron chi connectivity index (χ3n) is 8.55. The highest BCUT2D eigenvalue weighted by Crippen LogP contribution is 2.59. The first-order valence-electron chi connectivity index (χ1n) is 12.5. The number of hydrogen-bond acceptors (Lipinski definition) is 3. The second kappa shape index (κ2) is 8.48. The Morgan fingerprint density at radius 2 is 1.69 bits per heavy atom. The summed E-state index contributed by atoms with van der Waals surface area (Å²) in [7, 11) is 0. The molecule has 182 valence electrons. The van der Waals surface area contributed by atoms with Crippen molar-refractivity contribution in [3.8, 4) is 0 Å². The lowest BCUT2D eigenvalue weighted by Gasteiger charge is -2.56. The molecule has 35 heavy (non-hydrogen) atoms. The maximum absolute atomic E-state index is 14.3. The number of nitrogens with one attached hydrogen (secondary N) is 2. The Hall–Kier alpha value is -3.19. The molecular weight excluding hydrogens is 445 g/mol. The standard InChI is InChI=1S/C28H30FN3O3/c29-24-10-17(1-3-23(24)27(34)31-35)15-32-6-5-21-11-22(2-4-25(21)32)26(33)30-16-28-12-18-7-19(13-28)9-20(8-18)14-28/h1-6,10-11,18-20,35H,7-9,12-16H2,(H,30,33)(H,31,34). The second-order valence-electron chi connectivity index (χ2n) is 11.1. The van der Waals surface area contributed by atoms with Gasteiger partial charge in [-0.05, 0) is 104 Å². The molecule has 1 aromatic heterocycles. The van der Waals surface area contributed by atoms with Gasteiger partial charge < -0.3 is 9.88 Å². The molecule has 2 amide bonds. The highest BCUT2D eigenvalue weighted by atomic mass is 19.1. The minimum atomic E-state index is -0.880. The molecule has 1 heterocycles. The van der Waals surface area contributed by atoms with Crippen LogP contribution >= 0.6 is 0 Å². The first-order valence-corrected chi connectivity index (χ1v) is 12.5. The summed E-state index contributed by atoms with van der Waals surface area (Å²) in [5.41, 5.74) is 3.84. The van der Waals surface area contributed by atoms with Gasteiger partial charge in [0.2, 0.25) is 0 Å². The number of benzene rings is 2. The first-order chi connectivity index (χ1) is 16.9. The van der Waals surface area contributed by atoms with E-state index in [1.807, 2.05) is 35.0 Å². The monoisotopic (exact) mass is 475 g/mol. The Labute approximate surface area is 203 Å². The fourth-order valence-corrected chi connectivity index (χ4v) is 7.45. The molecule has 2 aromatic carbocycles. The number of fused-ring (bicyclic) bond motifs is 1. The third kappa shape index (κ3) is 4.12. The summed E-state index contributed by atoms with van der Waals surface area (Å²) in [5, 5.41) is 12.9. The summed E-state index contributed by atoms with van der Waals surface area (Å²) in [4.78, 5) is 24.5. The number of aromatic nitrogens is 1. The summed E-state index contributed by atoms with van der Waals surface area (Å²) in [6.45, 7) is 1.20. The SMILES string of the molecule is O=C(NCC12CC3CC(CC(C3)C1)C2)c1ccc2c(ccn2Cc2ccc(C(=O)NO)c(F)c2)c1. The molecule has 6 nitrogen and oxygen atoms in total. The topological polar surface area (TPSA) is 83.4 Å². The molecule has 0 radical (unpaired) electrons. The van der Waals surface area contributed by atoms with E-state index in [9.17, 15) is 14.0 Å². The zero-order valence-electron chi connectivity index (χ0n) is 19.6. The Morgan fingerprint density at radius 1 is 0.971 bits per heavy atom. The summed E-state index contributed by atoms with van der Waals surface area (Å²) < 4.78 is 16.2. The molecule has 7 heteroatoms. The number of nitrogens with zero attached hydrogens (tertiary/aromatic N) is 1. The van der Waals surface area contributed by atoms with E-state index in [2.05, 4.69) is 5.32 Å². The molecule has 3 aromatic rings. The maximum atomic E-state index is 14.3. The predicted molar refractivity (Wildman–Crippen MR) is 130 cm³/mol. The number of carbonyl (C=O) groups is 2. The molecule has 4 aliphatic carbocycles. The van der Waals surface area contributed by atoms with Gasteiger partial charge in [-0.2, -0.15) is 0 Å². The van der Waals surface area contributed by atoms with Crippen LogP contribution in [0.5, 0.6) is 0 Å². The van der Waals surface area contributed by atoms with Crippen molar-refractivity contribution in [1.82, 2.24) is 15.4 Å². The lowest BCUT2D eigenvalue weighted by Crippen LogP contribution is -2.51. The molecule has 0 saturated heterocycles. The number of halogens is 1. The highest BCUT2D eigenvalue weighted by Gasteiger charge is 2.50. The summed E-state index contributed by atoms with van der Waals surface area (Å²) in [6.07, 6.45) is 9.92. The highest BCUT2D eigenvalue weighted by molar-refractivity contribution is 5.98. The lowest BCUT2D eigenvalue weighted by atomic mass is 9.49. The molecule has 4 bridgehead atoms. The molecule has 0 unspecified atom stereocenters. The molecule has 7 rings (SSSR count). The van der Waals surface area contributed by atoms with Crippen LogP contribution in [0.3, 0.4) is 0 Å². The summed E-state index contributed by atoms with van der Waals surface area (Å²) >= 11 is 0. The van der Waals surface area contributed by atoms with Crippen molar-refractivity contribution < 1.29 is 19.2 Å². The smallest absolute Gasteiger partial charge is 0.277 e.